The van der Waals surface area contributed by atoms with Gasteiger partial charge >= 0.3 is 5.97 Å². The fourth-order valence-corrected chi connectivity index (χ4v) is 2.03. The zero-order valence-corrected chi connectivity index (χ0v) is 15.0. The molecule has 0 amide bonds. The van der Waals surface area contributed by atoms with E-state index in [0.717, 1.165) is 32.1 Å². The molecule has 0 saturated heterocycles. The van der Waals surface area contributed by atoms with Gasteiger partial charge in [0.2, 0.25) is 0 Å². The maximum atomic E-state index is 10.9. The van der Waals surface area contributed by atoms with E-state index < -0.39 is 0 Å². The summed E-state index contributed by atoms with van der Waals surface area (Å²) in [6, 6.07) is 0. The molecule has 0 heterocycles. The molecule has 2 heteroatoms. The molecular formula is C21H34O2. The fraction of sp³-hybridized carbons (Fsp3) is 0.571. The number of allylic oxidation sites excluding steroid dienone is 8. The van der Waals surface area contributed by atoms with Gasteiger partial charge in [-0.05, 0) is 44.9 Å². The molecule has 0 spiro atoms. The molecule has 0 bridgehead atoms. The summed E-state index contributed by atoms with van der Waals surface area (Å²) in [5.74, 6) is -0.124. The largest absolute Gasteiger partial charge is 0.469 e. The normalized spacial score (nSPS) is 12.3. The first-order valence-electron chi connectivity index (χ1n) is 8.98. The predicted octanol–water partition coefficient (Wildman–Crippen LogP) is 6.31. The Morgan fingerprint density at radius 3 is 1.70 bits per heavy atom. The minimum Gasteiger partial charge on any atom is -0.469 e. The van der Waals surface area contributed by atoms with Crippen molar-refractivity contribution in [3.8, 4) is 0 Å². The molecule has 0 aliphatic heterocycles. The predicted molar refractivity (Wildman–Crippen MR) is 100 cm³/mol. The van der Waals surface area contributed by atoms with Crippen LogP contribution in [0.1, 0.15) is 71.1 Å². The Balaban J connectivity index is 3.42. The van der Waals surface area contributed by atoms with Crippen LogP contribution >= 0.6 is 0 Å². The number of hydrogen-bond acceptors (Lipinski definition) is 2. The van der Waals surface area contributed by atoms with Crippen LogP contribution in [0.3, 0.4) is 0 Å². The highest BCUT2D eigenvalue weighted by molar-refractivity contribution is 5.69. The van der Waals surface area contributed by atoms with E-state index in [1.807, 2.05) is 0 Å². The lowest BCUT2D eigenvalue weighted by atomic mass is 10.2. The maximum absolute atomic E-state index is 10.9. The Morgan fingerprint density at radius 1 is 0.739 bits per heavy atom. The number of carbonyl (C=O) groups is 1. The first-order chi connectivity index (χ1) is 11.3. The molecule has 23 heavy (non-hydrogen) atoms. The average Bonchev–Trinajstić information content (AvgIpc) is 2.57. The SMILES string of the molecule is CCCCC/C=C\C/C=C\C/C=C\C/C=C\CCCC(=O)OC. The number of hydrogen-bond donors (Lipinski definition) is 0. The van der Waals surface area contributed by atoms with Gasteiger partial charge in [-0.25, -0.2) is 0 Å². The molecule has 0 N–H and O–H groups in total. The highest BCUT2D eigenvalue weighted by atomic mass is 16.5. The standard InChI is InChI=1S/C21H34O2/c1-3-4-5-6-7-8-9-10-11-12-13-14-15-16-17-18-19-20-21(22)23-2/h7-8,10-11,13-14,16-17H,3-6,9,12,15,18-20H2,1-2H3/b8-7-,11-10-,14-13-,17-16-. The topological polar surface area (TPSA) is 26.3 Å². The summed E-state index contributed by atoms with van der Waals surface area (Å²) in [5, 5.41) is 0. The van der Waals surface area contributed by atoms with Gasteiger partial charge in [-0.1, -0.05) is 68.4 Å². The van der Waals surface area contributed by atoms with Crippen molar-refractivity contribution in [3.05, 3.63) is 48.6 Å². The molecule has 0 aromatic rings. The van der Waals surface area contributed by atoms with E-state index >= 15 is 0 Å². The number of rotatable bonds is 14. The van der Waals surface area contributed by atoms with Crippen molar-refractivity contribution in [1.29, 1.82) is 0 Å². The summed E-state index contributed by atoms with van der Waals surface area (Å²) in [5.41, 5.74) is 0. The second-order valence-corrected chi connectivity index (χ2v) is 5.56. The summed E-state index contributed by atoms with van der Waals surface area (Å²) < 4.78 is 4.59. The Kier molecular flexibility index (Phi) is 17.2. The summed E-state index contributed by atoms with van der Waals surface area (Å²) in [4.78, 5) is 10.9. The van der Waals surface area contributed by atoms with E-state index in [-0.39, 0.29) is 5.97 Å². The summed E-state index contributed by atoms with van der Waals surface area (Å²) >= 11 is 0. The lowest BCUT2D eigenvalue weighted by Crippen LogP contribution is -1.98. The van der Waals surface area contributed by atoms with Gasteiger partial charge < -0.3 is 4.74 Å². The lowest BCUT2D eigenvalue weighted by molar-refractivity contribution is -0.140. The molecule has 0 fully saturated rings. The monoisotopic (exact) mass is 318 g/mol. The third kappa shape index (κ3) is 18.4. The van der Waals surface area contributed by atoms with E-state index in [0.29, 0.717) is 6.42 Å². The Hall–Kier alpha value is -1.57. The van der Waals surface area contributed by atoms with Crippen LogP contribution in [0.2, 0.25) is 0 Å². The van der Waals surface area contributed by atoms with Crippen LogP contribution in [0.25, 0.3) is 0 Å². The molecule has 0 radical (unpaired) electrons. The number of methoxy groups -OCH3 is 1. The van der Waals surface area contributed by atoms with Crippen LogP contribution in [-0.4, -0.2) is 13.1 Å². The highest BCUT2D eigenvalue weighted by Gasteiger charge is 1.96. The van der Waals surface area contributed by atoms with Crippen molar-refractivity contribution in [3.63, 3.8) is 0 Å². The van der Waals surface area contributed by atoms with Gasteiger partial charge in [0, 0.05) is 6.42 Å². The molecule has 0 aliphatic carbocycles. The van der Waals surface area contributed by atoms with Gasteiger partial charge in [-0.15, -0.1) is 0 Å². The van der Waals surface area contributed by atoms with E-state index in [1.165, 1.54) is 32.8 Å². The second kappa shape index (κ2) is 18.5. The summed E-state index contributed by atoms with van der Waals surface area (Å²) in [6.45, 7) is 2.24. The maximum Gasteiger partial charge on any atom is 0.305 e. The van der Waals surface area contributed by atoms with Crippen LogP contribution in [0, 0.1) is 0 Å². The number of ether oxygens (including phenoxy) is 1. The van der Waals surface area contributed by atoms with Crippen molar-refractivity contribution in [2.45, 2.75) is 71.1 Å². The zero-order valence-electron chi connectivity index (χ0n) is 15.0. The third-order valence-electron chi connectivity index (χ3n) is 3.44. The van der Waals surface area contributed by atoms with E-state index in [4.69, 9.17) is 0 Å². The Morgan fingerprint density at radius 2 is 1.22 bits per heavy atom. The van der Waals surface area contributed by atoms with Crippen molar-refractivity contribution in [2.24, 2.45) is 0 Å². The summed E-state index contributed by atoms with van der Waals surface area (Å²) in [7, 11) is 1.43. The van der Waals surface area contributed by atoms with Gasteiger partial charge in [0.05, 0.1) is 7.11 Å². The van der Waals surface area contributed by atoms with Gasteiger partial charge in [-0.2, -0.15) is 0 Å². The van der Waals surface area contributed by atoms with Crippen LogP contribution in [0.4, 0.5) is 0 Å². The molecule has 2 nitrogen and oxygen atoms in total. The van der Waals surface area contributed by atoms with Crippen molar-refractivity contribution in [2.75, 3.05) is 7.11 Å². The van der Waals surface area contributed by atoms with Gasteiger partial charge in [0.15, 0.2) is 0 Å². The Labute approximate surface area is 143 Å². The van der Waals surface area contributed by atoms with Crippen LogP contribution in [0.15, 0.2) is 48.6 Å². The molecule has 0 aromatic heterocycles. The van der Waals surface area contributed by atoms with Crippen molar-refractivity contribution >= 4 is 5.97 Å². The third-order valence-corrected chi connectivity index (χ3v) is 3.44. The molecule has 0 rings (SSSR count). The van der Waals surface area contributed by atoms with Gasteiger partial charge in [0.25, 0.3) is 0 Å². The number of carbonyl (C=O) groups excluding carboxylic acids is 1. The zero-order chi connectivity index (χ0) is 17.0. The van der Waals surface area contributed by atoms with Crippen molar-refractivity contribution in [1.82, 2.24) is 0 Å². The van der Waals surface area contributed by atoms with E-state index in [2.05, 4.69) is 60.3 Å². The first-order valence-corrected chi connectivity index (χ1v) is 8.98. The van der Waals surface area contributed by atoms with Crippen LogP contribution in [0.5, 0.6) is 0 Å². The smallest absolute Gasteiger partial charge is 0.305 e. The first kappa shape index (κ1) is 21.4. The van der Waals surface area contributed by atoms with E-state index in [9.17, 15) is 4.79 Å². The minimum absolute atomic E-state index is 0.124. The molecule has 0 atom stereocenters. The average molecular weight is 319 g/mol. The molecule has 130 valence electrons. The molecule has 0 aliphatic rings. The fourth-order valence-electron chi connectivity index (χ4n) is 2.03. The van der Waals surface area contributed by atoms with Crippen molar-refractivity contribution < 1.29 is 9.53 Å². The van der Waals surface area contributed by atoms with Gasteiger partial charge in [-0.3, -0.25) is 4.79 Å². The number of unbranched alkanes of at least 4 members (excludes halogenated alkanes) is 4. The van der Waals surface area contributed by atoms with E-state index in [1.54, 1.807) is 0 Å². The summed E-state index contributed by atoms with van der Waals surface area (Å²) in [6.07, 6.45) is 28.1. The molecule has 0 unspecified atom stereocenters. The van der Waals surface area contributed by atoms with Crippen LogP contribution < -0.4 is 0 Å². The Bertz CT molecular complexity index is 375. The molecule has 0 aromatic carbocycles. The quantitative estimate of drug-likeness (QED) is 0.213. The molecular weight excluding hydrogens is 284 g/mol. The van der Waals surface area contributed by atoms with Gasteiger partial charge in [0.1, 0.15) is 0 Å². The molecule has 0 saturated carbocycles. The minimum atomic E-state index is -0.124. The van der Waals surface area contributed by atoms with Crippen LogP contribution in [-0.2, 0) is 9.53 Å². The highest BCUT2D eigenvalue weighted by Crippen LogP contribution is 2.01. The lowest BCUT2D eigenvalue weighted by Gasteiger charge is -1.95. The second-order valence-electron chi connectivity index (χ2n) is 5.56. The number of esters is 1.